The molecule has 0 aliphatic carbocycles. The second kappa shape index (κ2) is 7.66. The summed E-state index contributed by atoms with van der Waals surface area (Å²) in [6.07, 6.45) is -0.375. The molecule has 1 aromatic carbocycles. The zero-order valence-corrected chi connectivity index (χ0v) is 13.7. The standard InChI is InChI=1S/C15H19Cl2NO3/c1-15(2,3)21-14(20)18-11(12(19)13(16)17)9-10-7-5-4-6-8-10/h4-8,11,13H,9H2,1-3H3,(H,18,20)/t11-/m1/s1. The highest BCUT2D eigenvalue weighted by atomic mass is 35.5. The Labute approximate surface area is 134 Å². The number of nitrogens with one attached hydrogen (secondary N) is 1. The molecule has 1 aromatic rings. The summed E-state index contributed by atoms with van der Waals surface area (Å²) < 4.78 is 5.15. The molecule has 0 bridgehead atoms. The molecule has 0 unspecified atom stereocenters. The number of carbonyl (C=O) groups excluding carboxylic acids is 2. The van der Waals surface area contributed by atoms with Gasteiger partial charge in [-0.3, -0.25) is 4.79 Å². The third kappa shape index (κ3) is 6.82. The predicted octanol–water partition coefficient (Wildman–Crippen LogP) is 3.50. The first-order chi connectivity index (χ1) is 9.69. The molecular weight excluding hydrogens is 313 g/mol. The Balaban J connectivity index is 2.78. The fraction of sp³-hybridized carbons (Fsp3) is 0.467. The van der Waals surface area contributed by atoms with Crippen LogP contribution in [0.4, 0.5) is 4.79 Å². The van der Waals surface area contributed by atoms with E-state index in [4.69, 9.17) is 27.9 Å². The molecule has 0 fully saturated rings. The van der Waals surface area contributed by atoms with Crippen LogP contribution in [0, 0.1) is 0 Å². The number of carbonyl (C=O) groups is 2. The molecule has 0 aliphatic rings. The van der Waals surface area contributed by atoms with Gasteiger partial charge in [0.2, 0.25) is 0 Å². The second-order valence-electron chi connectivity index (χ2n) is 5.59. The van der Waals surface area contributed by atoms with Crippen molar-refractivity contribution >= 4 is 35.1 Å². The zero-order valence-electron chi connectivity index (χ0n) is 12.2. The maximum atomic E-state index is 12.0. The minimum atomic E-state index is -1.20. The molecule has 0 aromatic heterocycles. The van der Waals surface area contributed by atoms with Gasteiger partial charge >= 0.3 is 6.09 Å². The maximum Gasteiger partial charge on any atom is 0.408 e. The minimum absolute atomic E-state index is 0.300. The van der Waals surface area contributed by atoms with Gasteiger partial charge in [-0.15, -0.1) is 0 Å². The van der Waals surface area contributed by atoms with Gasteiger partial charge in [0.1, 0.15) is 5.60 Å². The Morgan fingerprint density at radius 3 is 2.24 bits per heavy atom. The molecule has 0 saturated heterocycles. The first-order valence-corrected chi connectivity index (χ1v) is 7.41. The second-order valence-corrected chi connectivity index (χ2v) is 6.69. The summed E-state index contributed by atoms with van der Waals surface area (Å²) in [5, 5.41) is 2.52. The molecule has 6 heteroatoms. The van der Waals surface area contributed by atoms with Crippen molar-refractivity contribution in [1.82, 2.24) is 5.32 Å². The summed E-state index contributed by atoms with van der Waals surface area (Å²) in [5.74, 6) is -0.465. The number of alkyl carbamates (subject to hydrolysis) is 1. The molecule has 0 spiro atoms. The lowest BCUT2D eigenvalue weighted by atomic mass is 10.0. The summed E-state index contributed by atoms with van der Waals surface area (Å²) in [6, 6.07) is 8.45. The number of hydrogen-bond acceptors (Lipinski definition) is 3. The number of ether oxygens (including phenoxy) is 1. The van der Waals surface area contributed by atoms with Crippen LogP contribution in [-0.4, -0.2) is 28.4 Å². The molecule has 1 amide bonds. The molecule has 0 radical (unpaired) electrons. The number of amides is 1. The SMILES string of the molecule is CC(C)(C)OC(=O)N[C@H](Cc1ccccc1)C(=O)C(Cl)Cl. The van der Waals surface area contributed by atoms with E-state index < -0.39 is 28.4 Å². The highest BCUT2D eigenvalue weighted by molar-refractivity contribution is 6.54. The van der Waals surface area contributed by atoms with Crippen LogP contribution < -0.4 is 5.32 Å². The number of benzene rings is 1. The largest absolute Gasteiger partial charge is 0.444 e. The van der Waals surface area contributed by atoms with E-state index in [1.807, 2.05) is 30.3 Å². The average molecular weight is 332 g/mol. The Hall–Kier alpha value is -1.26. The monoisotopic (exact) mass is 331 g/mol. The van der Waals surface area contributed by atoms with E-state index in [9.17, 15) is 9.59 Å². The average Bonchev–Trinajstić information content (AvgIpc) is 2.36. The molecule has 21 heavy (non-hydrogen) atoms. The van der Waals surface area contributed by atoms with Crippen molar-refractivity contribution in [3.05, 3.63) is 35.9 Å². The van der Waals surface area contributed by atoms with E-state index in [2.05, 4.69) is 5.32 Å². The summed E-state index contributed by atoms with van der Waals surface area (Å²) in [5.41, 5.74) is 0.243. The quantitative estimate of drug-likeness (QED) is 0.840. The Morgan fingerprint density at radius 2 is 1.76 bits per heavy atom. The van der Waals surface area contributed by atoms with Crippen LogP contribution in [0.25, 0.3) is 0 Å². The van der Waals surface area contributed by atoms with Crippen molar-refractivity contribution in [3.8, 4) is 0 Å². The molecular formula is C15H19Cl2NO3. The van der Waals surface area contributed by atoms with Gasteiger partial charge in [-0.25, -0.2) is 4.79 Å². The molecule has 116 valence electrons. The fourth-order valence-electron chi connectivity index (χ4n) is 1.67. The number of alkyl halides is 2. The number of ketones is 1. The van der Waals surface area contributed by atoms with Gasteiger partial charge in [0.15, 0.2) is 10.6 Å². The first kappa shape index (κ1) is 17.8. The van der Waals surface area contributed by atoms with E-state index in [0.29, 0.717) is 6.42 Å². The molecule has 1 N–H and O–H groups in total. The van der Waals surface area contributed by atoms with Crippen LogP contribution in [0.15, 0.2) is 30.3 Å². The summed E-state index contributed by atoms with van der Waals surface area (Å²) in [4.78, 5) is 22.6. The van der Waals surface area contributed by atoms with Gasteiger partial charge in [-0.1, -0.05) is 53.5 Å². The summed E-state index contributed by atoms with van der Waals surface area (Å²) >= 11 is 11.3. The highest BCUT2D eigenvalue weighted by Gasteiger charge is 2.27. The van der Waals surface area contributed by atoms with Gasteiger partial charge < -0.3 is 10.1 Å². The molecule has 1 rings (SSSR count). The van der Waals surface area contributed by atoms with Gasteiger partial charge in [-0.05, 0) is 32.8 Å². The van der Waals surface area contributed by atoms with E-state index >= 15 is 0 Å². The van der Waals surface area contributed by atoms with Crippen LogP contribution in [0.3, 0.4) is 0 Å². The number of hydrogen-bond donors (Lipinski definition) is 1. The minimum Gasteiger partial charge on any atom is -0.444 e. The molecule has 0 saturated carbocycles. The Morgan fingerprint density at radius 1 is 1.19 bits per heavy atom. The van der Waals surface area contributed by atoms with Gasteiger partial charge in [0.05, 0.1) is 6.04 Å². The zero-order chi connectivity index (χ0) is 16.0. The number of Topliss-reactive ketones (excluding diaryl/α,β-unsaturated/α-hetero) is 1. The third-order valence-electron chi connectivity index (χ3n) is 2.53. The first-order valence-electron chi connectivity index (χ1n) is 6.54. The van der Waals surface area contributed by atoms with E-state index in [-0.39, 0.29) is 0 Å². The third-order valence-corrected chi connectivity index (χ3v) is 2.96. The predicted molar refractivity (Wildman–Crippen MR) is 83.8 cm³/mol. The van der Waals surface area contributed by atoms with Crippen LogP contribution in [0.1, 0.15) is 26.3 Å². The maximum absolute atomic E-state index is 12.0. The summed E-state index contributed by atoms with van der Waals surface area (Å²) in [7, 11) is 0. The van der Waals surface area contributed by atoms with Gasteiger partial charge in [-0.2, -0.15) is 0 Å². The smallest absolute Gasteiger partial charge is 0.408 e. The lowest BCUT2D eigenvalue weighted by Crippen LogP contribution is -2.46. The normalized spacial score (nSPS) is 12.9. The Kier molecular flexibility index (Phi) is 6.49. The summed E-state index contributed by atoms with van der Waals surface area (Å²) in [6.45, 7) is 5.23. The molecule has 4 nitrogen and oxygen atoms in total. The van der Waals surface area contributed by atoms with Crippen molar-refractivity contribution < 1.29 is 14.3 Å². The van der Waals surface area contributed by atoms with Crippen LogP contribution in [0.5, 0.6) is 0 Å². The Bertz CT molecular complexity index is 483. The number of rotatable bonds is 5. The molecule has 0 aliphatic heterocycles. The lowest BCUT2D eigenvalue weighted by molar-refractivity contribution is -0.119. The highest BCUT2D eigenvalue weighted by Crippen LogP contribution is 2.13. The van der Waals surface area contributed by atoms with Crippen molar-refractivity contribution in [2.45, 2.75) is 43.7 Å². The molecule has 0 heterocycles. The van der Waals surface area contributed by atoms with Gasteiger partial charge in [0, 0.05) is 0 Å². The van der Waals surface area contributed by atoms with Crippen LogP contribution in [-0.2, 0) is 16.0 Å². The van der Waals surface area contributed by atoms with E-state index in [1.165, 1.54) is 0 Å². The lowest BCUT2D eigenvalue weighted by Gasteiger charge is -2.23. The number of halogens is 2. The fourth-order valence-corrected chi connectivity index (χ4v) is 1.98. The van der Waals surface area contributed by atoms with Crippen molar-refractivity contribution in [2.75, 3.05) is 0 Å². The van der Waals surface area contributed by atoms with Crippen molar-refractivity contribution in [2.24, 2.45) is 0 Å². The van der Waals surface area contributed by atoms with E-state index in [0.717, 1.165) is 5.56 Å². The van der Waals surface area contributed by atoms with Crippen LogP contribution >= 0.6 is 23.2 Å². The van der Waals surface area contributed by atoms with E-state index in [1.54, 1.807) is 20.8 Å². The molecule has 1 atom stereocenters. The van der Waals surface area contributed by atoms with Gasteiger partial charge in [0.25, 0.3) is 0 Å². The van der Waals surface area contributed by atoms with Crippen molar-refractivity contribution in [1.29, 1.82) is 0 Å². The van der Waals surface area contributed by atoms with Crippen molar-refractivity contribution in [3.63, 3.8) is 0 Å². The topological polar surface area (TPSA) is 55.4 Å². The van der Waals surface area contributed by atoms with Crippen LogP contribution in [0.2, 0.25) is 0 Å².